The van der Waals surface area contributed by atoms with Gasteiger partial charge in [0.05, 0.1) is 0 Å². The second-order valence-corrected chi connectivity index (χ2v) is 5.11. The van der Waals surface area contributed by atoms with Crippen molar-refractivity contribution >= 4 is 0 Å². The number of nitrogens with two attached hydrogens (primary N) is 1. The highest BCUT2D eigenvalue weighted by molar-refractivity contribution is 5.45. The van der Waals surface area contributed by atoms with Crippen LogP contribution in [-0.4, -0.2) is 5.11 Å². The molecule has 2 aromatic carbocycles. The second kappa shape index (κ2) is 4.59. The zero-order valence-corrected chi connectivity index (χ0v) is 10.7. The fourth-order valence-corrected chi connectivity index (χ4v) is 2.17. The van der Waals surface area contributed by atoms with Crippen LogP contribution >= 0.6 is 0 Å². The predicted octanol–water partition coefficient (Wildman–Crippen LogP) is 2.92. The molecule has 0 aliphatic heterocycles. The first-order valence-corrected chi connectivity index (χ1v) is 6.46. The van der Waals surface area contributed by atoms with E-state index in [1.54, 1.807) is 6.07 Å². The van der Waals surface area contributed by atoms with Gasteiger partial charge in [-0.1, -0.05) is 30.3 Å². The third-order valence-electron chi connectivity index (χ3n) is 3.54. The normalized spacial score (nSPS) is 16.1. The fourth-order valence-electron chi connectivity index (χ4n) is 2.17. The van der Waals surface area contributed by atoms with E-state index in [1.165, 1.54) is 0 Å². The lowest BCUT2D eigenvalue weighted by atomic mass is 10.0. The molecule has 0 bridgehead atoms. The number of ether oxygens (including phenoxy) is 1. The topological polar surface area (TPSA) is 55.5 Å². The van der Waals surface area contributed by atoms with E-state index in [9.17, 15) is 5.11 Å². The van der Waals surface area contributed by atoms with Gasteiger partial charge in [0, 0.05) is 17.2 Å². The predicted molar refractivity (Wildman–Crippen MR) is 74.0 cm³/mol. The zero-order valence-electron chi connectivity index (χ0n) is 10.7. The molecule has 0 aromatic heterocycles. The average Bonchev–Trinajstić information content (AvgIpc) is 3.16. The molecule has 19 heavy (non-hydrogen) atoms. The quantitative estimate of drug-likeness (QED) is 0.883. The van der Waals surface area contributed by atoms with Crippen molar-refractivity contribution in [3.8, 4) is 11.5 Å². The maximum Gasteiger partial charge on any atom is 0.124 e. The van der Waals surface area contributed by atoms with Gasteiger partial charge in [0.2, 0.25) is 0 Å². The van der Waals surface area contributed by atoms with Gasteiger partial charge in [0.1, 0.15) is 18.1 Å². The molecule has 1 fully saturated rings. The summed E-state index contributed by atoms with van der Waals surface area (Å²) in [6.45, 7) is 0.493. The van der Waals surface area contributed by atoms with E-state index >= 15 is 0 Å². The molecule has 0 amide bonds. The molecule has 0 spiro atoms. The Morgan fingerprint density at radius 3 is 2.47 bits per heavy atom. The average molecular weight is 255 g/mol. The number of rotatable bonds is 4. The van der Waals surface area contributed by atoms with Crippen molar-refractivity contribution in [2.45, 2.75) is 25.0 Å². The molecule has 0 unspecified atom stereocenters. The molecule has 1 aliphatic carbocycles. The van der Waals surface area contributed by atoms with Crippen LogP contribution in [0.15, 0.2) is 48.5 Å². The largest absolute Gasteiger partial charge is 0.507 e. The monoisotopic (exact) mass is 255 g/mol. The number of hydrogen-bond donors (Lipinski definition) is 2. The van der Waals surface area contributed by atoms with E-state index in [1.807, 2.05) is 42.5 Å². The van der Waals surface area contributed by atoms with Crippen molar-refractivity contribution in [1.29, 1.82) is 0 Å². The van der Waals surface area contributed by atoms with Crippen LogP contribution in [0.2, 0.25) is 0 Å². The maximum absolute atomic E-state index is 10.0. The molecule has 0 saturated heterocycles. The molecule has 0 heterocycles. The summed E-state index contributed by atoms with van der Waals surface area (Å²) in [6.07, 6.45) is 1.87. The highest BCUT2D eigenvalue weighted by Gasteiger charge is 2.41. The van der Waals surface area contributed by atoms with Gasteiger partial charge in [-0.2, -0.15) is 0 Å². The number of phenols is 1. The van der Waals surface area contributed by atoms with Crippen molar-refractivity contribution in [2.75, 3.05) is 0 Å². The lowest BCUT2D eigenvalue weighted by Gasteiger charge is -2.13. The molecule has 3 N–H and O–H groups in total. The Kier molecular flexibility index (Phi) is 2.91. The highest BCUT2D eigenvalue weighted by atomic mass is 16.5. The SMILES string of the molecule is NC1(c2ccc(OCc3ccccc3)cc2O)CC1. The van der Waals surface area contributed by atoms with E-state index in [4.69, 9.17) is 10.5 Å². The first-order chi connectivity index (χ1) is 9.17. The van der Waals surface area contributed by atoms with Crippen molar-refractivity contribution in [3.05, 3.63) is 59.7 Å². The van der Waals surface area contributed by atoms with E-state index in [0.717, 1.165) is 24.0 Å². The van der Waals surface area contributed by atoms with E-state index < -0.39 is 0 Å². The highest BCUT2D eigenvalue weighted by Crippen LogP contribution is 2.46. The number of benzene rings is 2. The van der Waals surface area contributed by atoms with Gasteiger partial charge in [-0.3, -0.25) is 0 Å². The van der Waals surface area contributed by atoms with E-state index in [-0.39, 0.29) is 11.3 Å². The summed E-state index contributed by atoms with van der Waals surface area (Å²) in [4.78, 5) is 0. The molecule has 1 aliphatic rings. The minimum atomic E-state index is -0.317. The summed E-state index contributed by atoms with van der Waals surface area (Å²) in [5.74, 6) is 0.889. The molecule has 3 rings (SSSR count). The third kappa shape index (κ3) is 2.56. The Bertz CT molecular complexity index is 577. The summed E-state index contributed by atoms with van der Waals surface area (Å²) in [5, 5.41) is 10.0. The van der Waals surface area contributed by atoms with Crippen LogP contribution in [0.4, 0.5) is 0 Å². The smallest absolute Gasteiger partial charge is 0.124 e. The molecule has 0 atom stereocenters. The van der Waals surface area contributed by atoms with Gasteiger partial charge < -0.3 is 15.6 Å². The Labute approximate surface area is 112 Å². The van der Waals surface area contributed by atoms with Gasteiger partial charge in [-0.05, 0) is 30.5 Å². The third-order valence-corrected chi connectivity index (χ3v) is 3.54. The number of hydrogen-bond acceptors (Lipinski definition) is 3. The van der Waals surface area contributed by atoms with Crippen molar-refractivity contribution < 1.29 is 9.84 Å². The molecule has 2 aromatic rings. The summed E-state index contributed by atoms with van der Waals surface area (Å²) in [7, 11) is 0. The summed E-state index contributed by atoms with van der Waals surface area (Å²) >= 11 is 0. The number of aromatic hydroxyl groups is 1. The van der Waals surface area contributed by atoms with Crippen LogP contribution in [0.3, 0.4) is 0 Å². The summed E-state index contributed by atoms with van der Waals surface area (Å²) in [6, 6.07) is 15.3. The molecule has 1 saturated carbocycles. The first-order valence-electron chi connectivity index (χ1n) is 6.46. The minimum absolute atomic E-state index is 0.227. The maximum atomic E-state index is 10.0. The van der Waals surface area contributed by atoms with Crippen molar-refractivity contribution in [1.82, 2.24) is 0 Å². The lowest BCUT2D eigenvalue weighted by molar-refractivity contribution is 0.304. The Balaban J connectivity index is 1.71. The fraction of sp³-hybridized carbons (Fsp3) is 0.250. The lowest BCUT2D eigenvalue weighted by Crippen LogP contribution is -2.18. The second-order valence-electron chi connectivity index (χ2n) is 5.11. The van der Waals surface area contributed by atoms with Crippen LogP contribution < -0.4 is 10.5 Å². The molecular formula is C16H17NO2. The molecule has 0 radical (unpaired) electrons. The standard InChI is InChI=1S/C16H17NO2/c17-16(8-9-16)14-7-6-13(10-15(14)18)19-11-12-4-2-1-3-5-12/h1-7,10,18H,8-9,11,17H2. The van der Waals surface area contributed by atoms with Crippen LogP contribution in [0.5, 0.6) is 11.5 Å². The van der Waals surface area contributed by atoms with Gasteiger partial charge in [-0.25, -0.2) is 0 Å². The van der Waals surface area contributed by atoms with Crippen molar-refractivity contribution in [3.63, 3.8) is 0 Å². The van der Waals surface area contributed by atoms with Crippen LogP contribution in [0.25, 0.3) is 0 Å². The molecule has 3 nitrogen and oxygen atoms in total. The number of phenolic OH excluding ortho intramolecular Hbond substituents is 1. The Morgan fingerprint density at radius 2 is 1.84 bits per heavy atom. The van der Waals surface area contributed by atoms with Crippen LogP contribution in [0.1, 0.15) is 24.0 Å². The Morgan fingerprint density at radius 1 is 1.11 bits per heavy atom. The van der Waals surface area contributed by atoms with Crippen LogP contribution in [0, 0.1) is 0 Å². The summed E-state index contributed by atoms with van der Waals surface area (Å²) < 4.78 is 5.66. The minimum Gasteiger partial charge on any atom is -0.507 e. The van der Waals surface area contributed by atoms with E-state index in [0.29, 0.717) is 12.4 Å². The first kappa shape index (κ1) is 12.1. The van der Waals surface area contributed by atoms with E-state index in [2.05, 4.69) is 0 Å². The summed E-state index contributed by atoms with van der Waals surface area (Å²) in [5.41, 5.74) is 7.69. The van der Waals surface area contributed by atoms with Crippen molar-refractivity contribution in [2.24, 2.45) is 5.73 Å². The van der Waals surface area contributed by atoms with Gasteiger partial charge in [0.25, 0.3) is 0 Å². The van der Waals surface area contributed by atoms with Gasteiger partial charge >= 0.3 is 0 Å². The van der Waals surface area contributed by atoms with Crippen LogP contribution in [-0.2, 0) is 12.1 Å². The Hall–Kier alpha value is -2.00. The molecule has 3 heteroatoms. The molecular weight excluding hydrogens is 238 g/mol. The van der Waals surface area contributed by atoms with Gasteiger partial charge in [-0.15, -0.1) is 0 Å². The molecule has 98 valence electrons. The van der Waals surface area contributed by atoms with Gasteiger partial charge in [0.15, 0.2) is 0 Å². The zero-order chi connectivity index (χ0) is 13.3.